The number of nitrogens with zero attached hydrogens (tertiary/aromatic N) is 1. The number of amides is 1. The van der Waals surface area contributed by atoms with Crippen molar-refractivity contribution in [2.24, 2.45) is 11.8 Å². The summed E-state index contributed by atoms with van der Waals surface area (Å²) >= 11 is 0. The van der Waals surface area contributed by atoms with Gasteiger partial charge in [0.25, 0.3) is 0 Å². The molecule has 2 aliphatic heterocycles. The van der Waals surface area contributed by atoms with Crippen molar-refractivity contribution in [3.8, 4) is 0 Å². The molecule has 2 saturated heterocycles. The molecule has 4 aliphatic rings. The number of nitrogens with one attached hydrogen (secondary N) is 1. The van der Waals surface area contributed by atoms with Crippen molar-refractivity contribution in [3.63, 3.8) is 0 Å². The minimum absolute atomic E-state index is 0.150. The molecule has 4 rings (SSSR count). The largest absolute Gasteiger partial charge is 0.338 e. The first-order chi connectivity index (χ1) is 8.81. The first kappa shape index (κ1) is 11.3. The van der Waals surface area contributed by atoms with E-state index in [0.29, 0.717) is 18.0 Å². The zero-order chi connectivity index (χ0) is 12.1. The van der Waals surface area contributed by atoms with E-state index in [0.717, 1.165) is 24.8 Å². The molecular formula is C15H24N2O. The van der Waals surface area contributed by atoms with Crippen molar-refractivity contribution < 1.29 is 4.79 Å². The molecule has 5 atom stereocenters. The third-order valence-electron chi connectivity index (χ3n) is 5.85. The van der Waals surface area contributed by atoms with E-state index in [-0.39, 0.29) is 6.04 Å². The summed E-state index contributed by atoms with van der Waals surface area (Å²) in [6.07, 6.45) is 10.4. The van der Waals surface area contributed by atoms with Gasteiger partial charge in [0.05, 0.1) is 6.04 Å². The Balaban J connectivity index is 1.43. The van der Waals surface area contributed by atoms with Crippen LogP contribution in [0.4, 0.5) is 0 Å². The van der Waals surface area contributed by atoms with Gasteiger partial charge < -0.3 is 10.2 Å². The zero-order valence-corrected chi connectivity index (χ0v) is 11.1. The summed E-state index contributed by atoms with van der Waals surface area (Å²) in [6, 6.07) is 1.39. The number of hydrogen-bond donors (Lipinski definition) is 1. The summed E-state index contributed by atoms with van der Waals surface area (Å²) in [5.41, 5.74) is 0. The van der Waals surface area contributed by atoms with E-state index in [1.807, 2.05) is 0 Å². The van der Waals surface area contributed by atoms with Crippen LogP contribution in [0, 0.1) is 11.8 Å². The van der Waals surface area contributed by atoms with Gasteiger partial charge >= 0.3 is 0 Å². The van der Waals surface area contributed by atoms with Crippen molar-refractivity contribution in [1.29, 1.82) is 0 Å². The monoisotopic (exact) mass is 248 g/mol. The quantitative estimate of drug-likeness (QED) is 0.769. The number of fused-ring (bicyclic) bond motifs is 3. The van der Waals surface area contributed by atoms with Gasteiger partial charge in [0, 0.05) is 18.6 Å². The summed E-state index contributed by atoms with van der Waals surface area (Å²) in [4.78, 5) is 14.9. The van der Waals surface area contributed by atoms with Crippen molar-refractivity contribution in [2.45, 2.75) is 69.5 Å². The molecule has 3 nitrogen and oxygen atoms in total. The van der Waals surface area contributed by atoms with Gasteiger partial charge in [-0.3, -0.25) is 4.79 Å². The molecule has 1 N–H and O–H groups in total. The second-order valence-electron chi connectivity index (χ2n) is 6.93. The molecule has 2 aliphatic carbocycles. The summed E-state index contributed by atoms with van der Waals surface area (Å²) < 4.78 is 0. The highest BCUT2D eigenvalue weighted by Gasteiger charge is 2.45. The second kappa shape index (κ2) is 4.22. The molecule has 1 amide bonds. The molecule has 4 fully saturated rings. The van der Waals surface area contributed by atoms with Gasteiger partial charge in [0.15, 0.2) is 0 Å². The summed E-state index contributed by atoms with van der Waals surface area (Å²) in [5, 5.41) is 3.64. The Bertz CT molecular complexity index is 342. The zero-order valence-electron chi connectivity index (χ0n) is 11.1. The van der Waals surface area contributed by atoms with Crippen LogP contribution in [0.5, 0.6) is 0 Å². The molecule has 2 heterocycles. The fraction of sp³-hybridized carbons (Fsp3) is 0.933. The lowest BCUT2D eigenvalue weighted by Crippen LogP contribution is -2.48. The van der Waals surface area contributed by atoms with Crippen LogP contribution >= 0.6 is 0 Å². The minimum Gasteiger partial charge on any atom is -0.338 e. The highest BCUT2D eigenvalue weighted by atomic mass is 16.2. The minimum atomic E-state index is 0.150. The molecule has 0 radical (unpaired) electrons. The van der Waals surface area contributed by atoms with Gasteiger partial charge in [0.2, 0.25) is 5.91 Å². The number of carbonyl (C=O) groups is 1. The van der Waals surface area contributed by atoms with Crippen molar-refractivity contribution in [1.82, 2.24) is 10.2 Å². The SMILES string of the molecule is O=C(C1CC2CCCCC2N1)N1CC2CCC1C2. The molecule has 100 valence electrons. The van der Waals surface area contributed by atoms with E-state index < -0.39 is 0 Å². The molecule has 3 heteroatoms. The van der Waals surface area contributed by atoms with E-state index in [1.54, 1.807) is 0 Å². The predicted molar refractivity (Wildman–Crippen MR) is 70.1 cm³/mol. The molecule has 5 unspecified atom stereocenters. The van der Waals surface area contributed by atoms with E-state index in [9.17, 15) is 4.79 Å². The molecule has 2 saturated carbocycles. The number of likely N-dealkylation sites (tertiary alicyclic amines) is 1. The standard InChI is InChI=1S/C15H24N2O/c18-15(17-9-10-5-6-12(17)7-10)14-8-11-3-1-2-4-13(11)16-14/h10-14,16H,1-9H2. The van der Waals surface area contributed by atoms with Crippen LogP contribution in [0.2, 0.25) is 0 Å². The van der Waals surface area contributed by atoms with Crippen molar-refractivity contribution in [2.75, 3.05) is 6.54 Å². The topological polar surface area (TPSA) is 32.3 Å². The molecule has 0 aromatic rings. The number of piperidine rings is 1. The average molecular weight is 248 g/mol. The van der Waals surface area contributed by atoms with Gasteiger partial charge in [-0.25, -0.2) is 0 Å². The molecule has 2 bridgehead atoms. The Morgan fingerprint density at radius 1 is 1.06 bits per heavy atom. The smallest absolute Gasteiger partial charge is 0.239 e. The van der Waals surface area contributed by atoms with Crippen molar-refractivity contribution in [3.05, 3.63) is 0 Å². The van der Waals surface area contributed by atoms with Gasteiger partial charge in [-0.05, 0) is 50.4 Å². The Morgan fingerprint density at radius 3 is 2.67 bits per heavy atom. The average Bonchev–Trinajstić information content (AvgIpc) is 3.11. The normalized spacial score (nSPS) is 46.4. The van der Waals surface area contributed by atoms with E-state index in [2.05, 4.69) is 10.2 Å². The van der Waals surface area contributed by atoms with E-state index in [1.165, 1.54) is 44.9 Å². The van der Waals surface area contributed by atoms with Gasteiger partial charge in [0.1, 0.15) is 0 Å². The first-order valence-electron chi connectivity index (χ1n) is 7.88. The van der Waals surface area contributed by atoms with Crippen LogP contribution in [0.3, 0.4) is 0 Å². The summed E-state index contributed by atoms with van der Waals surface area (Å²) in [6.45, 7) is 1.05. The van der Waals surface area contributed by atoms with Gasteiger partial charge in [-0.1, -0.05) is 12.8 Å². The second-order valence-corrected chi connectivity index (χ2v) is 6.93. The van der Waals surface area contributed by atoms with Crippen LogP contribution in [0.15, 0.2) is 0 Å². The van der Waals surface area contributed by atoms with Crippen LogP contribution in [-0.2, 0) is 4.79 Å². The number of rotatable bonds is 1. The summed E-state index contributed by atoms with van der Waals surface area (Å²) in [5.74, 6) is 2.03. The van der Waals surface area contributed by atoms with E-state index in [4.69, 9.17) is 0 Å². The highest BCUT2D eigenvalue weighted by molar-refractivity contribution is 5.83. The van der Waals surface area contributed by atoms with E-state index >= 15 is 0 Å². The molecule has 18 heavy (non-hydrogen) atoms. The Morgan fingerprint density at radius 2 is 1.94 bits per heavy atom. The molecule has 0 aromatic carbocycles. The maximum atomic E-state index is 12.6. The molecule has 0 aromatic heterocycles. The van der Waals surface area contributed by atoms with Crippen LogP contribution in [0.25, 0.3) is 0 Å². The lowest BCUT2D eigenvalue weighted by Gasteiger charge is -2.29. The first-order valence-corrected chi connectivity index (χ1v) is 7.88. The third-order valence-corrected chi connectivity index (χ3v) is 5.85. The fourth-order valence-corrected chi connectivity index (χ4v) is 4.91. The maximum absolute atomic E-state index is 12.6. The highest BCUT2D eigenvalue weighted by Crippen LogP contribution is 2.39. The Hall–Kier alpha value is -0.570. The van der Waals surface area contributed by atoms with Crippen LogP contribution in [-0.4, -0.2) is 35.5 Å². The van der Waals surface area contributed by atoms with Crippen LogP contribution < -0.4 is 5.32 Å². The fourth-order valence-electron chi connectivity index (χ4n) is 4.91. The number of hydrogen-bond acceptors (Lipinski definition) is 2. The predicted octanol–water partition coefficient (Wildman–Crippen LogP) is 1.92. The van der Waals surface area contributed by atoms with Crippen LogP contribution in [0.1, 0.15) is 51.4 Å². The molecular weight excluding hydrogens is 224 g/mol. The van der Waals surface area contributed by atoms with Gasteiger partial charge in [-0.15, -0.1) is 0 Å². The number of carbonyl (C=O) groups excluding carboxylic acids is 1. The Kier molecular flexibility index (Phi) is 2.65. The molecule has 0 spiro atoms. The maximum Gasteiger partial charge on any atom is 0.239 e. The lowest BCUT2D eigenvalue weighted by molar-refractivity contribution is -0.134. The van der Waals surface area contributed by atoms with Crippen molar-refractivity contribution >= 4 is 5.91 Å². The third kappa shape index (κ3) is 1.70. The van der Waals surface area contributed by atoms with Gasteiger partial charge in [-0.2, -0.15) is 0 Å². The Labute approximate surface area is 109 Å². The summed E-state index contributed by atoms with van der Waals surface area (Å²) in [7, 11) is 0. The lowest BCUT2D eigenvalue weighted by atomic mass is 9.85.